The van der Waals surface area contributed by atoms with E-state index < -0.39 is 0 Å². The number of nitrogens with two attached hydrogens (primary N) is 2. The number of anilines is 2. The Bertz CT molecular complexity index is 1970. The summed E-state index contributed by atoms with van der Waals surface area (Å²) < 4.78 is 17.9. The summed E-state index contributed by atoms with van der Waals surface area (Å²) in [4.78, 5) is 41.5. The van der Waals surface area contributed by atoms with Crippen molar-refractivity contribution in [1.82, 2.24) is 60.3 Å². The summed E-state index contributed by atoms with van der Waals surface area (Å²) in [5.74, 6) is 0.765. The average Bonchev–Trinajstić information content (AvgIpc) is 3.84. The fourth-order valence-electron chi connectivity index (χ4n) is 4.68. The molecule has 0 bridgehead atoms. The molecule has 0 fully saturated rings. The zero-order valence-corrected chi connectivity index (χ0v) is 24.8. The van der Waals surface area contributed by atoms with Crippen molar-refractivity contribution < 1.29 is 23.6 Å². The molecule has 0 atom stereocenters. The number of pyridine rings is 2. The van der Waals surface area contributed by atoms with Crippen molar-refractivity contribution in [3.05, 3.63) is 35.9 Å². The molecule has 6 N–H and O–H groups in total. The van der Waals surface area contributed by atoms with Crippen LogP contribution in [0.4, 0.5) is 11.6 Å². The van der Waals surface area contributed by atoms with Crippen LogP contribution in [0.15, 0.2) is 34.0 Å². The number of carbonyl (C=O) groups excluding carboxylic acids is 2. The fraction of sp³-hybridized carbons (Fsp3) is 0.308. The molecule has 0 spiro atoms. The van der Waals surface area contributed by atoms with Crippen LogP contribution < -0.4 is 22.1 Å². The van der Waals surface area contributed by atoms with Crippen molar-refractivity contribution in [1.29, 1.82) is 0 Å². The molecule has 0 radical (unpaired) electrons. The molecule has 234 valence electrons. The van der Waals surface area contributed by atoms with Gasteiger partial charge in [0, 0.05) is 46.2 Å². The Morgan fingerprint density at radius 3 is 1.69 bits per heavy atom. The van der Waals surface area contributed by atoms with E-state index in [2.05, 4.69) is 60.5 Å². The van der Waals surface area contributed by atoms with Crippen LogP contribution in [0.25, 0.3) is 45.1 Å². The highest BCUT2D eigenvalue weighted by molar-refractivity contribution is 6.06. The third-order valence-electron chi connectivity index (χ3n) is 6.69. The number of nitrogens with one attached hydrogen (secondary N) is 2. The summed E-state index contributed by atoms with van der Waals surface area (Å²) in [6.45, 7) is 5.82. The monoisotopic (exact) mass is 618 g/mol. The second kappa shape index (κ2) is 13.1. The van der Waals surface area contributed by atoms with Crippen LogP contribution in [0.5, 0.6) is 0 Å². The Kier molecular flexibility index (Phi) is 8.89. The van der Waals surface area contributed by atoms with E-state index in [1.807, 2.05) is 23.0 Å². The van der Waals surface area contributed by atoms with Gasteiger partial charge >= 0.3 is 0 Å². The summed E-state index contributed by atoms with van der Waals surface area (Å²) in [6.07, 6.45) is 6.18. The Morgan fingerprint density at radius 1 is 0.800 bits per heavy atom. The van der Waals surface area contributed by atoms with Gasteiger partial charge in [-0.2, -0.15) is 0 Å². The van der Waals surface area contributed by atoms with Gasteiger partial charge in [-0.3, -0.25) is 19.6 Å². The van der Waals surface area contributed by atoms with Crippen LogP contribution in [0.3, 0.4) is 0 Å². The number of fused-ring (bicyclic) bond motifs is 2. The molecule has 0 aromatic carbocycles. The maximum Gasteiger partial charge on any atom is 0.255 e. The zero-order valence-electron chi connectivity index (χ0n) is 24.8. The topological polar surface area (TPSA) is 259 Å². The second-order valence-electron chi connectivity index (χ2n) is 9.29. The number of rotatable bonds is 9. The largest absolute Gasteiger partial charge is 0.383 e. The number of aromatic nitrogens is 10. The number of aryl methyl sites for hydroxylation is 2. The lowest BCUT2D eigenvalue weighted by atomic mass is 10.2. The Morgan fingerprint density at radius 2 is 1.29 bits per heavy atom. The molecule has 2 amide bonds. The first kappa shape index (κ1) is 30.5. The van der Waals surface area contributed by atoms with E-state index in [4.69, 9.17) is 16.2 Å². The molecule has 19 nitrogen and oxygen atoms in total. The van der Waals surface area contributed by atoms with Crippen LogP contribution in [-0.2, 0) is 17.8 Å². The lowest BCUT2D eigenvalue weighted by Gasteiger charge is -2.08. The van der Waals surface area contributed by atoms with Gasteiger partial charge in [0.05, 0.1) is 41.2 Å². The first-order chi connectivity index (χ1) is 21.8. The number of carbonyl (C=O) groups is 2. The van der Waals surface area contributed by atoms with Gasteiger partial charge in [-0.1, -0.05) is 0 Å². The number of imidazole rings is 2. The molecule has 45 heavy (non-hydrogen) atoms. The van der Waals surface area contributed by atoms with Gasteiger partial charge in [0.1, 0.15) is 11.0 Å². The Hall–Kier alpha value is -5.98. The number of hydrogen-bond donors (Lipinski definition) is 4. The minimum atomic E-state index is -0.252. The van der Waals surface area contributed by atoms with E-state index in [1.165, 1.54) is 12.4 Å². The predicted molar refractivity (Wildman–Crippen MR) is 159 cm³/mol. The van der Waals surface area contributed by atoms with Crippen molar-refractivity contribution >= 4 is 45.5 Å². The molecular weight excluding hydrogens is 588 g/mol. The standard InChI is InChI=1S/C14H17N7O3.C12H13N7O2/c1-3-21-11-8(14(22)17-4-5-23-2)6-16-7-9(11)18-13(21)10-12(15)20-24-19-10;1-3-19-9-6(12(20)14-2)4-15-5-7(9)16-11(19)8-10(13)18-21-17-8/h6-7H,3-5H2,1-2H3,(H2,15,20)(H,17,22);4-5H,3H2,1-2H3,(H2,13,18)(H,14,20). The summed E-state index contributed by atoms with van der Waals surface area (Å²) in [5, 5.41) is 20.1. The molecule has 6 aromatic rings. The number of amides is 2. The van der Waals surface area contributed by atoms with Gasteiger partial charge in [-0.25, -0.2) is 19.2 Å². The number of nitrogen functional groups attached to an aromatic ring is 2. The van der Waals surface area contributed by atoms with Crippen LogP contribution in [0.1, 0.15) is 34.6 Å². The van der Waals surface area contributed by atoms with E-state index >= 15 is 0 Å². The molecule has 0 unspecified atom stereocenters. The van der Waals surface area contributed by atoms with Gasteiger partial charge in [-0.05, 0) is 34.5 Å². The van der Waals surface area contributed by atoms with Crippen molar-refractivity contribution in [3.63, 3.8) is 0 Å². The number of nitrogens with zero attached hydrogens (tertiary/aromatic N) is 10. The average molecular weight is 619 g/mol. The van der Waals surface area contributed by atoms with Crippen molar-refractivity contribution in [2.45, 2.75) is 26.9 Å². The molecule has 6 rings (SSSR count). The van der Waals surface area contributed by atoms with Gasteiger partial charge in [-0.15, -0.1) is 0 Å². The molecular formula is C26H30N14O5. The lowest BCUT2D eigenvalue weighted by Crippen LogP contribution is -2.27. The third-order valence-corrected chi connectivity index (χ3v) is 6.69. The van der Waals surface area contributed by atoms with Crippen LogP contribution in [0, 0.1) is 0 Å². The first-order valence-electron chi connectivity index (χ1n) is 13.7. The van der Waals surface area contributed by atoms with Gasteiger partial charge in [0.25, 0.3) is 11.8 Å². The first-order valence-corrected chi connectivity index (χ1v) is 13.7. The van der Waals surface area contributed by atoms with Crippen LogP contribution >= 0.6 is 0 Å². The maximum atomic E-state index is 12.4. The predicted octanol–water partition coefficient (Wildman–Crippen LogP) is 0.903. The van der Waals surface area contributed by atoms with E-state index in [0.29, 0.717) is 82.5 Å². The highest BCUT2D eigenvalue weighted by atomic mass is 16.6. The molecule has 0 aliphatic rings. The highest BCUT2D eigenvalue weighted by Gasteiger charge is 2.23. The SMILES string of the molecule is CCn1c(-c2nonc2N)nc2cncc(C(=O)NC)c21.CCn1c(-c2nonc2N)nc2cncc(C(=O)NCCOC)c21. The van der Waals surface area contributed by atoms with Gasteiger partial charge < -0.3 is 36.0 Å². The van der Waals surface area contributed by atoms with Crippen LogP contribution in [-0.4, -0.2) is 88.8 Å². The van der Waals surface area contributed by atoms with E-state index in [0.717, 1.165) is 0 Å². The molecule has 19 heteroatoms. The highest BCUT2D eigenvalue weighted by Crippen LogP contribution is 2.29. The second-order valence-corrected chi connectivity index (χ2v) is 9.29. The summed E-state index contributed by atoms with van der Waals surface area (Å²) in [7, 11) is 3.14. The molecule has 6 heterocycles. The number of hydrogen-bond acceptors (Lipinski definition) is 15. The van der Waals surface area contributed by atoms with Gasteiger partial charge in [0.2, 0.25) is 0 Å². The van der Waals surface area contributed by atoms with E-state index in [1.54, 1.807) is 26.6 Å². The minimum Gasteiger partial charge on any atom is -0.383 e. The molecule has 0 saturated carbocycles. The lowest BCUT2D eigenvalue weighted by molar-refractivity contribution is 0.0936. The van der Waals surface area contributed by atoms with E-state index in [9.17, 15) is 9.59 Å². The third kappa shape index (κ3) is 5.70. The Labute approximate surface area is 254 Å². The molecule has 6 aromatic heterocycles. The zero-order chi connectivity index (χ0) is 32.1. The van der Waals surface area contributed by atoms with Crippen molar-refractivity contribution in [2.75, 3.05) is 38.8 Å². The summed E-state index contributed by atoms with van der Waals surface area (Å²) in [6, 6.07) is 0. The normalized spacial score (nSPS) is 11.0. The quantitative estimate of drug-likeness (QED) is 0.164. The minimum absolute atomic E-state index is 0.138. The van der Waals surface area contributed by atoms with Crippen molar-refractivity contribution in [3.8, 4) is 23.0 Å². The van der Waals surface area contributed by atoms with Crippen molar-refractivity contribution in [2.24, 2.45) is 0 Å². The Balaban J connectivity index is 0.000000179. The number of ether oxygens (including phenoxy) is 1. The number of methoxy groups -OCH3 is 1. The fourth-order valence-corrected chi connectivity index (χ4v) is 4.68. The van der Waals surface area contributed by atoms with Gasteiger partial charge in [0.15, 0.2) is 34.7 Å². The molecule has 0 aliphatic heterocycles. The summed E-state index contributed by atoms with van der Waals surface area (Å²) >= 11 is 0. The maximum absolute atomic E-state index is 12.4. The molecule has 0 saturated heterocycles. The van der Waals surface area contributed by atoms with Crippen LogP contribution in [0.2, 0.25) is 0 Å². The van der Waals surface area contributed by atoms with E-state index in [-0.39, 0.29) is 23.5 Å². The summed E-state index contributed by atoms with van der Waals surface area (Å²) in [5.41, 5.74) is 15.5. The smallest absolute Gasteiger partial charge is 0.255 e. The molecule has 0 aliphatic carbocycles.